The molecule has 0 radical (unpaired) electrons. The molecule has 0 bridgehead atoms. The molecule has 0 unspecified atom stereocenters. The minimum absolute atomic E-state index is 0.0142. The van der Waals surface area contributed by atoms with Gasteiger partial charge in [-0.2, -0.15) is 13.9 Å². The second-order valence-electron chi connectivity index (χ2n) is 8.04. The lowest BCUT2D eigenvalue weighted by Gasteiger charge is -2.24. The Bertz CT molecular complexity index is 1070. The molecule has 0 aromatic heterocycles. The lowest BCUT2D eigenvalue weighted by atomic mass is 10.2. The van der Waals surface area contributed by atoms with Crippen molar-refractivity contribution in [3.05, 3.63) is 35.7 Å². The van der Waals surface area contributed by atoms with Crippen molar-refractivity contribution in [1.29, 1.82) is 5.53 Å². The van der Waals surface area contributed by atoms with Crippen molar-refractivity contribution < 1.29 is 41.5 Å². The molecule has 3 rings (SSSR count). The van der Waals surface area contributed by atoms with Gasteiger partial charge in [-0.15, -0.1) is 0 Å². The molecule has 0 aliphatic carbocycles. The molecule has 2 heterocycles. The maximum Gasteiger partial charge on any atom is 0.414 e. The highest BCUT2D eigenvalue weighted by Crippen LogP contribution is 2.31. The Morgan fingerprint density at radius 1 is 1.21 bits per heavy atom. The van der Waals surface area contributed by atoms with Crippen molar-refractivity contribution in [2.75, 3.05) is 62.7 Å². The average molecular weight is 546 g/mol. The molecule has 208 valence electrons. The van der Waals surface area contributed by atoms with Gasteiger partial charge in [-0.1, -0.05) is 0 Å². The second kappa shape index (κ2) is 12.9. The second-order valence-corrected chi connectivity index (χ2v) is 8.04. The Balaban J connectivity index is 1.63. The highest BCUT2D eigenvalue weighted by Gasteiger charge is 2.34. The van der Waals surface area contributed by atoms with Gasteiger partial charge in [-0.25, -0.2) is 29.0 Å². The van der Waals surface area contributed by atoms with Crippen molar-refractivity contribution in [2.24, 2.45) is 5.11 Å². The van der Waals surface area contributed by atoms with Crippen LogP contribution in [0.25, 0.3) is 0 Å². The first-order valence-electron chi connectivity index (χ1n) is 11.3. The number of urea groups is 1. The van der Waals surface area contributed by atoms with Crippen LogP contribution in [0.1, 0.15) is 0 Å². The molecular weight excluding hydrogens is 520 g/mol. The number of ether oxygens (including phenoxy) is 1. The van der Waals surface area contributed by atoms with E-state index in [0.717, 1.165) is 22.1 Å². The lowest BCUT2D eigenvalue weighted by molar-refractivity contribution is -0.132. The number of hydrogen-bond acceptors (Lipinski definition) is 9. The van der Waals surface area contributed by atoms with Crippen LogP contribution in [0, 0.1) is 17.2 Å². The SMILES string of the molecule is CN/C=C(/CNC(=O)N1CCN(c2c(F)cc(N3C[C@H](CNC(=O)C(F)F)OC3=O)cc2F)CCO1)N=N. The van der Waals surface area contributed by atoms with E-state index < -0.39 is 48.7 Å². The predicted molar refractivity (Wildman–Crippen MR) is 124 cm³/mol. The molecule has 0 saturated carbocycles. The van der Waals surface area contributed by atoms with Crippen LogP contribution < -0.4 is 25.8 Å². The van der Waals surface area contributed by atoms with E-state index in [-0.39, 0.29) is 56.4 Å². The first-order chi connectivity index (χ1) is 18.1. The first kappa shape index (κ1) is 28.4. The van der Waals surface area contributed by atoms with Gasteiger partial charge < -0.3 is 25.6 Å². The van der Waals surface area contributed by atoms with Crippen molar-refractivity contribution in [3.63, 3.8) is 0 Å². The van der Waals surface area contributed by atoms with E-state index in [1.54, 1.807) is 7.05 Å². The summed E-state index contributed by atoms with van der Waals surface area (Å²) >= 11 is 0. The number of anilines is 2. The zero-order valence-corrected chi connectivity index (χ0v) is 20.2. The third-order valence-electron chi connectivity index (χ3n) is 5.49. The summed E-state index contributed by atoms with van der Waals surface area (Å²) in [5.41, 5.74) is 6.77. The molecule has 13 nitrogen and oxygen atoms in total. The predicted octanol–water partition coefficient (Wildman–Crippen LogP) is 1.53. The number of carbonyl (C=O) groups is 3. The minimum Gasteiger partial charge on any atom is -0.442 e. The van der Waals surface area contributed by atoms with Gasteiger partial charge in [-0.3, -0.25) is 14.5 Å². The van der Waals surface area contributed by atoms with Gasteiger partial charge in [0, 0.05) is 38.5 Å². The van der Waals surface area contributed by atoms with Crippen LogP contribution >= 0.6 is 0 Å². The number of rotatable bonds is 9. The number of hydrogen-bond donors (Lipinski definition) is 4. The fourth-order valence-corrected chi connectivity index (χ4v) is 3.72. The number of halogens is 4. The number of alkyl halides is 2. The van der Waals surface area contributed by atoms with E-state index in [1.807, 2.05) is 5.32 Å². The van der Waals surface area contributed by atoms with Gasteiger partial charge in [0.05, 0.1) is 44.2 Å². The Morgan fingerprint density at radius 3 is 2.55 bits per heavy atom. The smallest absolute Gasteiger partial charge is 0.414 e. The first-order valence-corrected chi connectivity index (χ1v) is 11.3. The van der Waals surface area contributed by atoms with E-state index in [4.69, 9.17) is 15.1 Å². The van der Waals surface area contributed by atoms with Crippen LogP contribution in [0.15, 0.2) is 29.1 Å². The molecule has 2 aliphatic rings. The lowest BCUT2D eigenvalue weighted by Crippen LogP contribution is -2.42. The van der Waals surface area contributed by atoms with Crippen molar-refractivity contribution in [2.45, 2.75) is 12.5 Å². The van der Waals surface area contributed by atoms with E-state index in [1.165, 1.54) is 11.1 Å². The summed E-state index contributed by atoms with van der Waals surface area (Å²) in [5, 5.41) is 11.4. The number of benzene rings is 1. The fourth-order valence-electron chi connectivity index (χ4n) is 3.72. The molecule has 2 aliphatic heterocycles. The van der Waals surface area contributed by atoms with E-state index in [2.05, 4.69) is 15.7 Å². The third kappa shape index (κ3) is 6.99. The maximum absolute atomic E-state index is 15.1. The standard InChI is InChI=1S/C21H26F4N8O5/c1-27-8-12(30-26)9-29-20(35)33-3-2-31(4-5-37-33)17-15(22)6-13(7-16(17)23)32-11-14(38-21(32)36)10-28-19(34)18(24)25/h6-8,14,18,26-27H,2-5,9-11H2,1H3,(H,28,34)(H,29,35)/b12-8-,30-26?/t14-/m0/s1. The molecule has 4 amide bonds. The van der Waals surface area contributed by atoms with E-state index >= 15 is 8.78 Å². The Kier molecular flexibility index (Phi) is 9.64. The zero-order valence-electron chi connectivity index (χ0n) is 20.2. The molecule has 17 heteroatoms. The largest absolute Gasteiger partial charge is 0.442 e. The molecule has 1 aromatic carbocycles. The van der Waals surface area contributed by atoms with Crippen LogP contribution in [-0.2, 0) is 14.4 Å². The number of amides is 4. The van der Waals surface area contributed by atoms with Gasteiger partial charge in [-0.05, 0) is 0 Å². The molecule has 38 heavy (non-hydrogen) atoms. The molecule has 2 fully saturated rings. The summed E-state index contributed by atoms with van der Waals surface area (Å²) in [6, 6.07) is 1.23. The van der Waals surface area contributed by atoms with Gasteiger partial charge in [0.25, 0.3) is 5.91 Å². The average Bonchev–Trinajstić information content (AvgIpc) is 3.08. The van der Waals surface area contributed by atoms with Crippen LogP contribution in [0.2, 0.25) is 0 Å². The zero-order chi connectivity index (χ0) is 27.8. The molecule has 1 aromatic rings. The van der Waals surface area contributed by atoms with Crippen molar-refractivity contribution >= 4 is 29.4 Å². The summed E-state index contributed by atoms with van der Waals surface area (Å²) in [5.74, 6) is -3.50. The molecule has 4 N–H and O–H groups in total. The number of hydroxylamine groups is 2. The number of nitrogens with one attached hydrogen (secondary N) is 4. The fraction of sp³-hybridized carbons (Fsp3) is 0.476. The molecular formula is C21H26F4N8O5. The summed E-state index contributed by atoms with van der Waals surface area (Å²) in [7, 11) is 1.61. The Morgan fingerprint density at radius 2 is 1.92 bits per heavy atom. The van der Waals surface area contributed by atoms with Gasteiger partial charge in [0.1, 0.15) is 11.8 Å². The summed E-state index contributed by atoms with van der Waals surface area (Å²) in [6.07, 6.45) is -3.75. The summed E-state index contributed by atoms with van der Waals surface area (Å²) < 4.78 is 59.7. The van der Waals surface area contributed by atoms with E-state index in [0.29, 0.717) is 0 Å². The monoisotopic (exact) mass is 546 g/mol. The Hall–Kier alpha value is -4.15. The maximum atomic E-state index is 15.1. The van der Waals surface area contributed by atoms with Gasteiger partial charge in [0.2, 0.25) is 0 Å². The molecule has 0 spiro atoms. The van der Waals surface area contributed by atoms with Crippen LogP contribution in [0.5, 0.6) is 0 Å². The number of cyclic esters (lactones) is 1. The van der Waals surface area contributed by atoms with Gasteiger partial charge >= 0.3 is 18.5 Å². The van der Waals surface area contributed by atoms with Crippen molar-refractivity contribution in [3.8, 4) is 0 Å². The van der Waals surface area contributed by atoms with Crippen LogP contribution in [0.4, 0.5) is 38.5 Å². The molecule has 1 atom stereocenters. The highest BCUT2D eigenvalue weighted by atomic mass is 19.3. The third-order valence-corrected chi connectivity index (χ3v) is 5.49. The van der Waals surface area contributed by atoms with Gasteiger partial charge in [0.15, 0.2) is 11.6 Å². The summed E-state index contributed by atoms with van der Waals surface area (Å²) in [4.78, 5) is 43.2. The summed E-state index contributed by atoms with van der Waals surface area (Å²) in [6.45, 7) is -0.712. The van der Waals surface area contributed by atoms with E-state index in [9.17, 15) is 23.2 Å². The Labute approximate surface area is 214 Å². The normalized spacial score (nSPS) is 18.3. The van der Waals surface area contributed by atoms with Crippen LogP contribution in [-0.4, -0.2) is 88.5 Å². The quantitative estimate of drug-likeness (QED) is 0.271. The number of carbonyl (C=O) groups excluding carboxylic acids is 3. The van der Waals surface area contributed by atoms with Crippen molar-refractivity contribution in [1.82, 2.24) is 21.0 Å². The molecule has 2 saturated heterocycles. The topological polar surface area (TPSA) is 152 Å². The minimum atomic E-state index is -3.23. The van der Waals surface area contributed by atoms with Crippen LogP contribution in [0.3, 0.4) is 0 Å². The highest BCUT2D eigenvalue weighted by molar-refractivity contribution is 5.90. The number of nitrogens with zero attached hydrogens (tertiary/aromatic N) is 4.